The average Bonchev–Trinajstić information content (AvgIpc) is 3.34. The topological polar surface area (TPSA) is 77.6 Å². The second kappa shape index (κ2) is 13.6. The zero-order valence-corrected chi connectivity index (χ0v) is 22.6. The van der Waals surface area contributed by atoms with Gasteiger partial charge in [-0.2, -0.15) is 0 Å². The van der Waals surface area contributed by atoms with Crippen molar-refractivity contribution in [3.8, 4) is 11.1 Å². The fourth-order valence-electron chi connectivity index (χ4n) is 5.57. The molecule has 3 aromatic rings. The second-order valence-corrected chi connectivity index (χ2v) is 10.2. The Morgan fingerprint density at radius 1 is 1.08 bits per heavy atom. The fourth-order valence-corrected chi connectivity index (χ4v) is 5.72. The number of primary amides is 1. The predicted molar refractivity (Wildman–Crippen MR) is 147 cm³/mol. The van der Waals surface area contributed by atoms with Crippen molar-refractivity contribution < 1.29 is 23.1 Å². The van der Waals surface area contributed by atoms with E-state index in [2.05, 4.69) is 0 Å². The molecule has 0 aliphatic heterocycles. The van der Waals surface area contributed by atoms with Crippen molar-refractivity contribution >= 4 is 23.6 Å². The van der Waals surface area contributed by atoms with Gasteiger partial charge in [0.25, 0.3) is 0 Å². The number of hydrogen-bond acceptors (Lipinski definition) is 3. The van der Waals surface area contributed by atoms with Gasteiger partial charge in [-0.1, -0.05) is 49.6 Å². The minimum Gasteiger partial charge on any atom is -0.450 e. The van der Waals surface area contributed by atoms with Crippen LogP contribution in [0.25, 0.3) is 11.1 Å². The second-order valence-electron chi connectivity index (χ2n) is 9.98. The maximum Gasteiger partial charge on any atom is 0.404 e. The third-order valence-electron chi connectivity index (χ3n) is 7.32. The highest BCUT2D eigenvalue weighted by Gasteiger charge is 2.35. The number of alkyl halides is 1. The lowest BCUT2D eigenvalue weighted by Crippen LogP contribution is -2.42. The number of carbonyl (C=O) groups excluding carboxylic acids is 2. The van der Waals surface area contributed by atoms with E-state index in [1.165, 1.54) is 6.07 Å². The van der Waals surface area contributed by atoms with E-state index in [1.54, 1.807) is 4.90 Å². The standard InChI is InChI=1S/C30H34ClF2N3O3/c31-18-28(37)36(14-7-15-39-30(34)38)29(22-10-5-2-6-11-22)27-16-23(25-17-24(32)12-13-26(25)33)20-35(27)19-21-8-3-1-4-9-21/h1,3-4,8-9,12-13,16-17,20,22,29H,2,5-7,10-11,14-15,18-19H2,(H2,34,38). The minimum absolute atomic E-state index is 0.0730. The van der Waals surface area contributed by atoms with Gasteiger partial charge < -0.3 is 19.9 Å². The van der Waals surface area contributed by atoms with E-state index in [1.807, 2.05) is 47.2 Å². The largest absolute Gasteiger partial charge is 0.450 e. The average molecular weight is 558 g/mol. The molecule has 0 bridgehead atoms. The van der Waals surface area contributed by atoms with Crippen LogP contribution in [-0.4, -0.2) is 40.5 Å². The molecule has 2 N–H and O–H groups in total. The van der Waals surface area contributed by atoms with Gasteiger partial charge in [-0.15, -0.1) is 11.6 Å². The van der Waals surface area contributed by atoms with E-state index in [4.69, 9.17) is 22.1 Å². The van der Waals surface area contributed by atoms with Crippen LogP contribution in [0.2, 0.25) is 0 Å². The predicted octanol–water partition coefficient (Wildman–Crippen LogP) is 6.66. The number of aromatic nitrogens is 1. The smallest absolute Gasteiger partial charge is 0.404 e. The summed E-state index contributed by atoms with van der Waals surface area (Å²) in [6.45, 7) is 0.869. The molecule has 1 atom stereocenters. The number of nitrogens with zero attached hydrogens (tertiary/aromatic N) is 2. The normalized spacial score (nSPS) is 14.6. The first-order valence-corrected chi connectivity index (χ1v) is 13.9. The van der Waals surface area contributed by atoms with Crippen LogP contribution in [-0.2, 0) is 16.1 Å². The molecule has 1 fully saturated rings. The van der Waals surface area contributed by atoms with Gasteiger partial charge in [0.15, 0.2) is 0 Å². The summed E-state index contributed by atoms with van der Waals surface area (Å²) in [5, 5.41) is 0. The summed E-state index contributed by atoms with van der Waals surface area (Å²) < 4.78 is 36.0. The molecule has 1 saturated carbocycles. The highest BCUT2D eigenvalue weighted by atomic mass is 35.5. The number of nitrogens with two attached hydrogens (primary N) is 1. The maximum absolute atomic E-state index is 14.9. The molecule has 0 saturated heterocycles. The van der Waals surface area contributed by atoms with Gasteiger partial charge in [0, 0.05) is 36.1 Å². The fraction of sp³-hybridized carbons (Fsp3) is 0.400. The van der Waals surface area contributed by atoms with Crippen molar-refractivity contribution in [3.05, 3.63) is 83.7 Å². The third kappa shape index (κ3) is 7.38. The summed E-state index contributed by atoms with van der Waals surface area (Å²) in [4.78, 5) is 26.1. The Morgan fingerprint density at radius 3 is 2.51 bits per heavy atom. The van der Waals surface area contributed by atoms with E-state index >= 15 is 0 Å². The summed E-state index contributed by atoms with van der Waals surface area (Å²) >= 11 is 6.09. The first-order chi connectivity index (χ1) is 18.9. The Kier molecular flexibility index (Phi) is 9.98. The summed E-state index contributed by atoms with van der Waals surface area (Å²) in [6, 6.07) is 14.8. The molecule has 1 heterocycles. The molecule has 39 heavy (non-hydrogen) atoms. The van der Waals surface area contributed by atoms with E-state index < -0.39 is 17.7 Å². The molecule has 1 aliphatic carbocycles. The van der Waals surface area contributed by atoms with Crippen LogP contribution >= 0.6 is 11.6 Å². The van der Waals surface area contributed by atoms with Crippen LogP contribution < -0.4 is 5.73 Å². The molecule has 6 nitrogen and oxygen atoms in total. The van der Waals surface area contributed by atoms with Crippen molar-refractivity contribution in [2.75, 3.05) is 19.0 Å². The van der Waals surface area contributed by atoms with Gasteiger partial charge in [0.05, 0.1) is 12.6 Å². The van der Waals surface area contributed by atoms with Crippen molar-refractivity contribution in [2.45, 2.75) is 51.1 Å². The van der Waals surface area contributed by atoms with Crippen LogP contribution in [0.15, 0.2) is 60.8 Å². The Balaban J connectivity index is 1.81. The maximum atomic E-state index is 14.9. The molecule has 9 heteroatoms. The quantitative estimate of drug-likeness (QED) is 0.212. The Hall–Kier alpha value is -3.39. The zero-order valence-electron chi connectivity index (χ0n) is 21.8. The van der Waals surface area contributed by atoms with Crippen molar-refractivity contribution in [1.82, 2.24) is 9.47 Å². The molecule has 208 valence electrons. The molecule has 1 aromatic heterocycles. The summed E-state index contributed by atoms with van der Waals surface area (Å²) in [5.41, 5.74) is 7.68. The van der Waals surface area contributed by atoms with E-state index in [-0.39, 0.29) is 35.9 Å². The minimum atomic E-state index is -0.868. The first kappa shape index (κ1) is 28.6. The summed E-state index contributed by atoms with van der Waals surface area (Å²) in [6.07, 6.45) is 6.41. The van der Waals surface area contributed by atoms with Gasteiger partial charge in [-0.05, 0) is 55.0 Å². The van der Waals surface area contributed by atoms with Crippen molar-refractivity contribution in [1.29, 1.82) is 0 Å². The Labute approximate surface area is 232 Å². The summed E-state index contributed by atoms with van der Waals surface area (Å²) in [5.74, 6) is -1.34. The summed E-state index contributed by atoms with van der Waals surface area (Å²) in [7, 11) is 0. The molecule has 4 rings (SSSR count). The lowest BCUT2D eigenvalue weighted by Gasteiger charge is -2.39. The number of ether oxygens (including phenoxy) is 1. The molecule has 2 aromatic carbocycles. The molecular formula is C30H34ClF2N3O3. The lowest BCUT2D eigenvalue weighted by atomic mass is 9.81. The molecule has 1 aliphatic rings. The molecular weight excluding hydrogens is 524 g/mol. The Bertz CT molecular complexity index is 1260. The van der Waals surface area contributed by atoms with E-state index in [0.717, 1.165) is 55.5 Å². The van der Waals surface area contributed by atoms with Gasteiger partial charge in [0.2, 0.25) is 5.91 Å². The lowest BCUT2D eigenvalue weighted by molar-refractivity contribution is -0.133. The van der Waals surface area contributed by atoms with Crippen LogP contribution in [0.3, 0.4) is 0 Å². The van der Waals surface area contributed by atoms with Crippen LogP contribution in [0.4, 0.5) is 13.6 Å². The molecule has 0 spiro atoms. The molecule has 2 amide bonds. The number of benzene rings is 2. The highest BCUT2D eigenvalue weighted by Crippen LogP contribution is 2.41. The third-order valence-corrected chi connectivity index (χ3v) is 7.55. The van der Waals surface area contributed by atoms with Gasteiger partial charge >= 0.3 is 6.09 Å². The SMILES string of the molecule is NC(=O)OCCCN(C(=O)CCl)C(c1cc(-c2cc(F)ccc2F)cn1Cc1ccccc1)C1CCCCC1. The molecule has 0 radical (unpaired) electrons. The van der Waals surface area contributed by atoms with Gasteiger partial charge in [-0.25, -0.2) is 13.6 Å². The highest BCUT2D eigenvalue weighted by molar-refractivity contribution is 6.27. The van der Waals surface area contributed by atoms with Crippen molar-refractivity contribution in [2.24, 2.45) is 11.7 Å². The van der Waals surface area contributed by atoms with Gasteiger partial charge in [0.1, 0.15) is 17.5 Å². The van der Waals surface area contributed by atoms with E-state index in [9.17, 15) is 18.4 Å². The monoisotopic (exact) mass is 557 g/mol. The Morgan fingerprint density at radius 2 is 1.82 bits per heavy atom. The number of hydrogen-bond donors (Lipinski definition) is 1. The first-order valence-electron chi connectivity index (χ1n) is 13.3. The van der Waals surface area contributed by atoms with Crippen LogP contribution in [0, 0.1) is 17.6 Å². The van der Waals surface area contributed by atoms with E-state index in [0.29, 0.717) is 25.1 Å². The number of rotatable bonds is 11. The van der Waals surface area contributed by atoms with Crippen LogP contribution in [0.5, 0.6) is 0 Å². The van der Waals surface area contributed by atoms with Crippen LogP contribution in [0.1, 0.15) is 55.8 Å². The van der Waals surface area contributed by atoms with Gasteiger partial charge in [-0.3, -0.25) is 4.79 Å². The number of carbonyl (C=O) groups is 2. The van der Waals surface area contributed by atoms with Crippen molar-refractivity contribution in [3.63, 3.8) is 0 Å². The number of halogens is 3. The zero-order chi connectivity index (χ0) is 27.8. The molecule has 1 unspecified atom stereocenters. The number of amides is 2.